The highest BCUT2D eigenvalue weighted by Gasteiger charge is 2.29. The molecule has 0 bridgehead atoms. The van der Waals surface area contributed by atoms with E-state index in [1.54, 1.807) is 12.3 Å². The quantitative estimate of drug-likeness (QED) is 0.367. The van der Waals surface area contributed by atoms with Crippen LogP contribution in [0.3, 0.4) is 0 Å². The van der Waals surface area contributed by atoms with E-state index in [1.807, 2.05) is 37.3 Å². The molecule has 2 aromatic carbocycles. The summed E-state index contributed by atoms with van der Waals surface area (Å²) in [5.74, 6) is -0.157. The van der Waals surface area contributed by atoms with Crippen molar-refractivity contribution in [1.29, 1.82) is 0 Å². The maximum Gasteiger partial charge on any atom is 0.251 e. The SMILES string of the molecule is CC(O)CC1COCC(C)N1c1ccc(-c2n[nH]c3ccc(C(=O)NCc4ccccn4)cc23)cc1. The van der Waals surface area contributed by atoms with E-state index in [9.17, 15) is 9.90 Å². The van der Waals surface area contributed by atoms with Crippen molar-refractivity contribution in [3.05, 3.63) is 78.1 Å². The van der Waals surface area contributed by atoms with Crippen LogP contribution in [0.2, 0.25) is 0 Å². The molecule has 3 unspecified atom stereocenters. The van der Waals surface area contributed by atoms with Gasteiger partial charge in [0.25, 0.3) is 5.91 Å². The second-order valence-corrected chi connectivity index (χ2v) is 9.42. The molecule has 186 valence electrons. The number of nitrogens with one attached hydrogen (secondary N) is 2. The average molecular weight is 486 g/mol. The van der Waals surface area contributed by atoms with Crippen LogP contribution < -0.4 is 10.2 Å². The van der Waals surface area contributed by atoms with Crippen molar-refractivity contribution < 1.29 is 14.6 Å². The van der Waals surface area contributed by atoms with Gasteiger partial charge in [0.1, 0.15) is 0 Å². The Labute approximate surface area is 210 Å². The molecule has 5 rings (SSSR count). The average Bonchev–Trinajstić information content (AvgIpc) is 3.31. The van der Waals surface area contributed by atoms with Crippen molar-refractivity contribution in [2.45, 2.75) is 45.0 Å². The molecular weight excluding hydrogens is 454 g/mol. The number of amides is 1. The van der Waals surface area contributed by atoms with Crippen LogP contribution in [0.1, 0.15) is 36.3 Å². The third-order valence-electron chi connectivity index (χ3n) is 6.57. The highest BCUT2D eigenvalue weighted by Crippen LogP contribution is 2.31. The van der Waals surface area contributed by atoms with Crippen molar-refractivity contribution in [2.24, 2.45) is 0 Å². The Bertz CT molecular complexity index is 1320. The molecule has 3 heterocycles. The number of fused-ring (bicyclic) bond motifs is 1. The molecular formula is C28H31N5O3. The molecule has 0 aliphatic carbocycles. The Morgan fingerprint density at radius 1 is 1.19 bits per heavy atom. The number of benzene rings is 2. The number of aromatic nitrogens is 3. The molecule has 3 atom stereocenters. The van der Waals surface area contributed by atoms with Crippen molar-refractivity contribution in [3.8, 4) is 11.3 Å². The predicted molar refractivity (Wildman–Crippen MR) is 140 cm³/mol. The van der Waals surface area contributed by atoms with Gasteiger partial charge < -0.3 is 20.1 Å². The minimum atomic E-state index is -0.392. The molecule has 2 aromatic heterocycles. The van der Waals surface area contributed by atoms with Crippen LogP contribution in [0.5, 0.6) is 0 Å². The van der Waals surface area contributed by atoms with Gasteiger partial charge >= 0.3 is 0 Å². The fourth-order valence-electron chi connectivity index (χ4n) is 4.88. The van der Waals surface area contributed by atoms with Crippen LogP contribution >= 0.6 is 0 Å². The molecule has 1 aliphatic heterocycles. The first-order valence-corrected chi connectivity index (χ1v) is 12.3. The highest BCUT2D eigenvalue weighted by molar-refractivity contribution is 6.01. The van der Waals surface area contributed by atoms with Gasteiger partial charge in [-0.05, 0) is 62.7 Å². The summed E-state index contributed by atoms with van der Waals surface area (Å²) in [7, 11) is 0. The van der Waals surface area contributed by atoms with Crippen LogP contribution in [0, 0.1) is 0 Å². The number of hydrogen-bond acceptors (Lipinski definition) is 6. The zero-order valence-electron chi connectivity index (χ0n) is 20.5. The van der Waals surface area contributed by atoms with Gasteiger partial charge in [-0.15, -0.1) is 0 Å². The van der Waals surface area contributed by atoms with Crippen LogP contribution in [0.15, 0.2) is 66.9 Å². The maximum atomic E-state index is 12.8. The summed E-state index contributed by atoms with van der Waals surface area (Å²) in [6.07, 6.45) is 1.97. The number of pyridine rings is 1. The Morgan fingerprint density at radius 2 is 2.03 bits per heavy atom. The van der Waals surface area contributed by atoms with E-state index in [2.05, 4.69) is 56.6 Å². The van der Waals surface area contributed by atoms with E-state index in [0.717, 1.165) is 33.5 Å². The number of nitrogens with zero attached hydrogens (tertiary/aromatic N) is 3. The zero-order chi connectivity index (χ0) is 25.1. The van der Waals surface area contributed by atoms with E-state index in [1.165, 1.54) is 0 Å². The van der Waals surface area contributed by atoms with Crippen LogP contribution in [0.25, 0.3) is 22.2 Å². The molecule has 1 fully saturated rings. The van der Waals surface area contributed by atoms with Crippen molar-refractivity contribution in [2.75, 3.05) is 18.1 Å². The minimum Gasteiger partial charge on any atom is -0.393 e. The summed E-state index contributed by atoms with van der Waals surface area (Å²) in [4.78, 5) is 19.4. The number of ether oxygens (including phenoxy) is 1. The van der Waals surface area contributed by atoms with Crippen LogP contribution in [0.4, 0.5) is 5.69 Å². The minimum absolute atomic E-state index is 0.123. The van der Waals surface area contributed by atoms with Crippen LogP contribution in [-0.2, 0) is 11.3 Å². The van der Waals surface area contributed by atoms with Gasteiger partial charge in [-0.2, -0.15) is 5.10 Å². The standard InChI is InChI=1S/C28H31N5O3/c1-18-16-36-17-24(13-19(2)34)33(18)23-9-6-20(7-10-23)27-25-14-21(8-11-26(25)31-32-27)28(35)30-15-22-5-3-4-12-29-22/h3-12,14,18-19,24,34H,13,15-17H2,1-2H3,(H,30,35)(H,31,32). The molecule has 1 saturated heterocycles. The van der Waals surface area contributed by atoms with E-state index >= 15 is 0 Å². The molecule has 36 heavy (non-hydrogen) atoms. The number of aliphatic hydroxyl groups excluding tert-OH is 1. The summed E-state index contributed by atoms with van der Waals surface area (Å²) >= 11 is 0. The molecule has 1 aliphatic rings. The lowest BCUT2D eigenvalue weighted by molar-refractivity contribution is 0.0530. The summed E-state index contributed by atoms with van der Waals surface area (Å²) in [6, 6.07) is 19.8. The Hall–Kier alpha value is -3.75. The molecule has 0 saturated carbocycles. The molecule has 3 N–H and O–H groups in total. The number of carbonyl (C=O) groups is 1. The zero-order valence-corrected chi connectivity index (χ0v) is 20.5. The molecule has 4 aromatic rings. The van der Waals surface area contributed by atoms with Crippen molar-refractivity contribution >= 4 is 22.5 Å². The first kappa shape index (κ1) is 24.0. The number of H-pyrrole nitrogens is 1. The molecule has 1 amide bonds. The van der Waals surface area contributed by atoms with E-state index in [4.69, 9.17) is 4.74 Å². The normalized spacial score (nSPS) is 18.8. The lowest BCUT2D eigenvalue weighted by Gasteiger charge is -2.42. The van der Waals surface area contributed by atoms with Gasteiger partial charge in [-0.25, -0.2) is 0 Å². The van der Waals surface area contributed by atoms with Gasteiger partial charge in [-0.1, -0.05) is 18.2 Å². The number of anilines is 1. The number of hydrogen-bond donors (Lipinski definition) is 3. The second kappa shape index (κ2) is 10.5. The third-order valence-corrected chi connectivity index (χ3v) is 6.57. The largest absolute Gasteiger partial charge is 0.393 e. The van der Waals surface area contributed by atoms with E-state index < -0.39 is 6.10 Å². The molecule has 0 radical (unpaired) electrons. The molecule has 0 spiro atoms. The highest BCUT2D eigenvalue weighted by atomic mass is 16.5. The maximum absolute atomic E-state index is 12.8. The Balaban J connectivity index is 1.37. The van der Waals surface area contributed by atoms with Crippen molar-refractivity contribution in [1.82, 2.24) is 20.5 Å². The van der Waals surface area contributed by atoms with Crippen LogP contribution in [-0.4, -0.2) is 57.6 Å². The summed E-state index contributed by atoms with van der Waals surface area (Å²) < 4.78 is 5.75. The fraction of sp³-hybridized carbons (Fsp3) is 0.321. The summed E-state index contributed by atoms with van der Waals surface area (Å²) in [6.45, 7) is 5.59. The number of aromatic amines is 1. The van der Waals surface area contributed by atoms with Gasteiger partial charge in [0.05, 0.1) is 48.8 Å². The summed E-state index contributed by atoms with van der Waals surface area (Å²) in [5.41, 5.74) is 5.10. The first-order chi connectivity index (χ1) is 17.5. The topological polar surface area (TPSA) is 103 Å². The number of carbonyl (C=O) groups excluding carboxylic acids is 1. The Morgan fingerprint density at radius 3 is 2.78 bits per heavy atom. The lowest BCUT2D eigenvalue weighted by Crippen LogP contribution is -2.52. The monoisotopic (exact) mass is 485 g/mol. The fourth-order valence-corrected chi connectivity index (χ4v) is 4.88. The van der Waals surface area contributed by atoms with Gasteiger partial charge in [0.15, 0.2) is 0 Å². The number of rotatable bonds is 7. The number of aliphatic hydroxyl groups is 1. The van der Waals surface area contributed by atoms with Crippen molar-refractivity contribution in [3.63, 3.8) is 0 Å². The van der Waals surface area contributed by atoms with E-state index in [-0.39, 0.29) is 18.0 Å². The molecule has 8 heteroatoms. The van der Waals surface area contributed by atoms with Gasteiger partial charge in [0.2, 0.25) is 0 Å². The lowest BCUT2D eigenvalue weighted by atomic mass is 10.0. The van der Waals surface area contributed by atoms with Gasteiger partial charge in [0, 0.05) is 34.4 Å². The second-order valence-electron chi connectivity index (χ2n) is 9.42. The third kappa shape index (κ3) is 5.10. The predicted octanol–water partition coefficient (Wildman–Crippen LogP) is 3.92. The van der Waals surface area contributed by atoms with E-state index in [0.29, 0.717) is 31.7 Å². The Kier molecular flexibility index (Phi) is 6.97. The van der Waals surface area contributed by atoms with Gasteiger partial charge in [-0.3, -0.25) is 14.9 Å². The summed E-state index contributed by atoms with van der Waals surface area (Å²) in [5, 5.41) is 21.4. The number of morpholine rings is 1. The molecule has 8 nitrogen and oxygen atoms in total. The smallest absolute Gasteiger partial charge is 0.251 e. The first-order valence-electron chi connectivity index (χ1n) is 12.3.